The summed E-state index contributed by atoms with van der Waals surface area (Å²) in [5.74, 6) is 0.559. The van der Waals surface area contributed by atoms with Crippen molar-refractivity contribution < 1.29 is 4.79 Å². The van der Waals surface area contributed by atoms with Gasteiger partial charge in [0, 0.05) is 26.8 Å². The van der Waals surface area contributed by atoms with Crippen LogP contribution >= 0.6 is 11.6 Å². The molecule has 16 heavy (non-hydrogen) atoms. The van der Waals surface area contributed by atoms with E-state index < -0.39 is 0 Å². The van der Waals surface area contributed by atoms with Gasteiger partial charge in [-0.25, -0.2) is 4.98 Å². The quantitative estimate of drug-likeness (QED) is 0.880. The van der Waals surface area contributed by atoms with Crippen molar-refractivity contribution in [1.82, 2.24) is 9.88 Å². The van der Waals surface area contributed by atoms with Crippen LogP contribution in [0.15, 0.2) is 12.3 Å². The van der Waals surface area contributed by atoms with Crippen molar-refractivity contribution in [1.29, 1.82) is 0 Å². The number of carbonyl (C=O) groups excluding carboxylic acids is 1. The van der Waals surface area contributed by atoms with Crippen LogP contribution in [0.2, 0.25) is 5.02 Å². The molecule has 1 heterocycles. The number of anilines is 1. The molecule has 0 saturated heterocycles. The maximum atomic E-state index is 11.8. The fourth-order valence-corrected chi connectivity index (χ4v) is 1.38. The first-order valence-electron chi connectivity index (χ1n) is 5.17. The zero-order chi connectivity index (χ0) is 12.1. The normalized spacial score (nSPS) is 10.0. The van der Waals surface area contributed by atoms with Crippen LogP contribution in [0.5, 0.6) is 0 Å². The van der Waals surface area contributed by atoms with Crippen LogP contribution in [-0.4, -0.2) is 36.4 Å². The summed E-state index contributed by atoms with van der Waals surface area (Å²) in [6.45, 7) is 2.89. The van der Waals surface area contributed by atoms with Crippen LogP contribution in [0.1, 0.15) is 23.7 Å². The lowest BCUT2D eigenvalue weighted by Gasteiger charge is -2.12. The molecule has 0 saturated carbocycles. The number of rotatable bonds is 4. The lowest BCUT2D eigenvalue weighted by atomic mass is 10.2. The number of halogens is 1. The Morgan fingerprint density at radius 1 is 1.56 bits per heavy atom. The van der Waals surface area contributed by atoms with Gasteiger partial charge in [-0.2, -0.15) is 0 Å². The Morgan fingerprint density at radius 3 is 2.81 bits per heavy atom. The maximum absolute atomic E-state index is 11.8. The fraction of sp³-hybridized carbons (Fsp3) is 0.455. The first-order valence-corrected chi connectivity index (χ1v) is 5.55. The third-order valence-corrected chi connectivity index (χ3v) is 2.35. The number of nitrogens with zero attached hydrogens (tertiary/aromatic N) is 2. The van der Waals surface area contributed by atoms with E-state index in [2.05, 4.69) is 17.2 Å². The van der Waals surface area contributed by atoms with Gasteiger partial charge < -0.3 is 10.2 Å². The molecule has 1 aromatic heterocycles. The molecule has 0 atom stereocenters. The summed E-state index contributed by atoms with van der Waals surface area (Å²) < 4.78 is 0. The van der Waals surface area contributed by atoms with Gasteiger partial charge >= 0.3 is 0 Å². The lowest BCUT2D eigenvalue weighted by Crippen LogP contribution is -2.22. The summed E-state index contributed by atoms with van der Waals surface area (Å²) in [4.78, 5) is 17.4. The molecule has 1 rings (SSSR count). The van der Waals surface area contributed by atoms with E-state index in [4.69, 9.17) is 11.6 Å². The standard InChI is InChI=1S/C11H16ClN3O/c1-4-5-13-10-6-8(9(12)7-14-10)11(16)15(2)3/h6-7H,4-5H2,1-3H3,(H,13,14). The summed E-state index contributed by atoms with van der Waals surface area (Å²) in [7, 11) is 3.39. The Hall–Kier alpha value is -1.29. The second-order valence-corrected chi connectivity index (χ2v) is 4.08. The van der Waals surface area contributed by atoms with Crippen molar-refractivity contribution in [3.63, 3.8) is 0 Å². The Bertz CT molecular complexity index is 379. The van der Waals surface area contributed by atoms with Crippen LogP contribution in [0.4, 0.5) is 5.82 Å². The number of aromatic nitrogens is 1. The molecule has 0 aliphatic rings. The van der Waals surface area contributed by atoms with Crippen molar-refractivity contribution in [2.24, 2.45) is 0 Å². The SMILES string of the molecule is CCCNc1cc(C(=O)N(C)C)c(Cl)cn1. The molecular weight excluding hydrogens is 226 g/mol. The summed E-state index contributed by atoms with van der Waals surface area (Å²) in [5, 5.41) is 3.49. The minimum Gasteiger partial charge on any atom is -0.370 e. The molecule has 1 aromatic rings. The zero-order valence-electron chi connectivity index (χ0n) is 9.75. The van der Waals surface area contributed by atoms with Crippen LogP contribution in [0, 0.1) is 0 Å². The van der Waals surface area contributed by atoms with Crippen molar-refractivity contribution in [2.75, 3.05) is 26.0 Å². The van der Waals surface area contributed by atoms with Crippen molar-refractivity contribution in [3.05, 3.63) is 22.8 Å². The Kier molecular flexibility index (Phi) is 4.55. The van der Waals surface area contributed by atoms with E-state index in [1.165, 1.54) is 11.1 Å². The van der Waals surface area contributed by atoms with Crippen molar-refractivity contribution in [3.8, 4) is 0 Å². The molecule has 0 aliphatic carbocycles. The topological polar surface area (TPSA) is 45.2 Å². The van der Waals surface area contributed by atoms with Gasteiger partial charge in [-0.15, -0.1) is 0 Å². The third-order valence-electron chi connectivity index (χ3n) is 2.05. The first kappa shape index (κ1) is 12.8. The summed E-state index contributed by atoms with van der Waals surface area (Å²) >= 11 is 5.93. The van der Waals surface area contributed by atoms with E-state index in [0.29, 0.717) is 16.4 Å². The first-order chi connectivity index (χ1) is 7.56. The smallest absolute Gasteiger partial charge is 0.255 e. The highest BCUT2D eigenvalue weighted by atomic mass is 35.5. The lowest BCUT2D eigenvalue weighted by molar-refractivity contribution is 0.0827. The molecule has 1 N–H and O–H groups in total. The van der Waals surface area contributed by atoms with Crippen LogP contribution in [-0.2, 0) is 0 Å². The van der Waals surface area contributed by atoms with Gasteiger partial charge in [0.15, 0.2) is 0 Å². The minimum atomic E-state index is -0.119. The summed E-state index contributed by atoms with van der Waals surface area (Å²) in [6.07, 6.45) is 2.50. The molecule has 0 unspecified atom stereocenters. The predicted octanol–water partition coefficient (Wildman–Crippen LogP) is 2.26. The highest BCUT2D eigenvalue weighted by Gasteiger charge is 2.13. The van der Waals surface area contributed by atoms with Gasteiger partial charge in [-0.05, 0) is 12.5 Å². The second-order valence-electron chi connectivity index (χ2n) is 3.68. The molecule has 88 valence electrons. The molecule has 4 nitrogen and oxygen atoms in total. The average molecular weight is 242 g/mol. The predicted molar refractivity (Wildman–Crippen MR) is 66.0 cm³/mol. The Morgan fingerprint density at radius 2 is 2.25 bits per heavy atom. The molecule has 0 spiro atoms. The van der Waals surface area contributed by atoms with E-state index in [1.54, 1.807) is 20.2 Å². The van der Waals surface area contributed by atoms with Crippen LogP contribution < -0.4 is 5.32 Å². The molecule has 1 amide bonds. The average Bonchev–Trinajstić information content (AvgIpc) is 2.27. The number of hydrogen-bond donors (Lipinski definition) is 1. The van der Waals surface area contributed by atoms with Gasteiger partial charge in [0.2, 0.25) is 0 Å². The number of amides is 1. The van der Waals surface area contributed by atoms with E-state index in [-0.39, 0.29) is 5.91 Å². The van der Waals surface area contributed by atoms with E-state index in [0.717, 1.165) is 13.0 Å². The zero-order valence-corrected chi connectivity index (χ0v) is 10.5. The summed E-state index contributed by atoms with van der Waals surface area (Å²) in [6, 6.07) is 1.68. The molecule has 0 fully saturated rings. The number of carbonyl (C=O) groups is 1. The maximum Gasteiger partial charge on any atom is 0.255 e. The molecule has 5 heteroatoms. The highest BCUT2D eigenvalue weighted by molar-refractivity contribution is 6.33. The van der Waals surface area contributed by atoms with Crippen LogP contribution in [0.25, 0.3) is 0 Å². The fourth-order valence-electron chi connectivity index (χ4n) is 1.19. The van der Waals surface area contributed by atoms with Crippen molar-refractivity contribution in [2.45, 2.75) is 13.3 Å². The molecule has 0 aliphatic heterocycles. The van der Waals surface area contributed by atoms with Gasteiger partial charge in [0.25, 0.3) is 5.91 Å². The van der Waals surface area contributed by atoms with E-state index in [1.807, 2.05) is 0 Å². The minimum absolute atomic E-state index is 0.119. The molecule has 0 aromatic carbocycles. The van der Waals surface area contributed by atoms with E-state index >= 15 is 0 Å². The molecular formula is C11H16ClN3O. The van der Waals surface area contributed by atoms with Gasteiger partial charge in [0.1, 0.15) is 5.82 Å². The van der Waals surface area contributed by atoms with Crippen molar-refractivity contribution >= 4 is 23.3 Å². The second kappa shape index (κ2) is 5.70. The largest absolute Gasteiger partial charge is 0.370 e. The molecule has 0 radical (unpaired) electrons. The van der Waals surface area contributed by atoms with Gasteiger partial charge in [-0.3, -0.25) is 4.79 Å². The number of pyridine rings is 1. The number of hydrogen-bond acceptors (Lipinski definition) is 3. The molecule has 0 bridgehead atoms. The monoisotopic (exact) mass is 241 g/mol. The van der Waals surface area contributed by atoms with Gasteiger partial charge in [-0.1, -0.05) is 18.5 Å². The van der Waals surface area contributed by atoms with E-state index in [9.17, 15) is 4.79 Å². The number of nitrogens with one attached hydrogen (secondary N) is 1. The summed E-state index contributed by atoms with van der Waals surface area (Å²) in [5.41, 5.74) is 0.472. The highest BCUT2D eigenvalue weighted by Crippen LogP contribution is 2.19. The Labute approximate surface area is 101 Å². The third kappa shape index (κ3) is 3.10. The van der Waals surface area contributed by atoms with Crippen LogP contribution in [0.3, 0.4) is 0 Å². The Balaban J connectivity index is 2.94. The van der Waals surface area contributed by atoms with Gasteiger partial charge in [0.05, 0.1) is 10.6 Å².